The lowest BCUT2D eigenvalue weighted by molar-refractivity contribution is -0.131. The number of phenols is 1. The van der Waals surface area contributed by atoms with Gasteiger partial charge in [-0.1, -0.05) is 48.0 Å². The van der Waals surface area contributed by atoms with Crippen LogP contribution in [0.3, 0.4) is 0 Å². The summed E-state index contributed by atoms with van der Waals surface area (Å²) in [5, 5.41) is 14.0. The summed E-state index contributed by atoms with van der Waals surface area (Å²) in [6.07, 6.45) is 2.58. The number of aromatic hydroxyl groups is 1. The molecule has 4 amide bonds. The lowest BCUT2D eigenvalue weighted by atomic mass is 9.51. The molecular weight excluding hydrogens is 698 g/mol. The number of amides is 4. The summed E-state index contributed by atoms with van der Waals surface area (Å²) in [7, 11) is 1.45. The van der Waals surface area contributed by atoms with E-state index in [-0.39, 0.29) is 41.5 Å². The van der Waals surface area contributed by atoms with Crippen LogP contribution >= 0.6 is 15.9 Å². The van der Waals surface area contributed by atoms with Crippen molar-refractivity contribution in [2.24, 2.45) is 29.1 Å². The van der Waals surface area contributed by atoms with Crippen molar-refractivity contribution >= 4 is 62.3 Å². The first-order valence-electron chi connectivity index (χ1n) is 16.6. The molecule has 4 aromatic rings. The molecule has 6 atom stereocenters. The Balaban J connectivity index is 1.19. The summed E-state index contributed by atoms with van der Waals surface area (Å²) in [6.45, 7) is 1.83. The highest BCUT2D eigenvalue weighted by Crippen LogP contribution is 2.64. The quantitative estimate of drug-likeness (QED) is 0.158. The zero-order valence-corrected chi connectivity index (χ0v) is 29.0. The number of carbonyl (C=O) groups excluding carboxylic acids is 4. The van der Waals surface area contributed by atoms with Gasteiger partial charge < -0.3 is 15.2 Å². The number of allylic oxidation sites excluding steroid dienone is 2. The standard InChI is InChI=1S/C40H34BrN3O6/c1-40-30(37(47)44(39(40)49)25-11-7-4-8-12-25)21-29-27(34(40)22-19-31(41)35(45)32(20-22)50-2)17-18-28-33(29)38(48)43(36(28)46)26-15-13-24(14-16-26)42-23-9-5-3-6-10-23/h3-17,19-20,28-30,33-34,42,45H,18,21H2,1-2H3. The maximum absolute atomic E-state index is 14.6. The molecule has 2 N–H and O–H groups in total. The van der Waals surface area contributed by atoms with Gasteiger partial charge in [0.1, 0.15) is 0 Å². The van der Waals surface area contributed by atoms with E-state index in [4.69, 9.17) is 4.74 Å². The number of hydrogen-bond donors (Lipinski definition) is 2. The molecule has 252 valence electrons. The Kier molecular flexibility index (Phi) is 7.67. The molecule has 8 rings (SSSR count). The Morgan fingerprint density at radius 1 is 0.800 bits per heavy atom. The number of anilines is 4. The van der Waals surface area contributed by atoms with Gasteiger partial charge in [0, 0.05) is 17.3 Å². The molecule has 50 heavy (non-hydrogen) atoms. The Morgan fingerprint density at radius 3 is 2.12 bits per heavy atom. The van der Waals surface area contributed by atoms with E-state index >= 15 is 0 Å². The summed E-state index contributed by atoms with van der Waals surface area (Å²) in [4.78, 5) is 60.1. The zero-order chi connectivity index (χ0) is 34.9. The van der Waals surface area contributed by atoms with Crippen LogP contribution in [0.4, 0.5) is 22.7 Å². The van der Waals surface area contributed by atoms with Crippen molar-refractivity contribution in [3.8, 4) is 11.5 Å². The van der Waals surface area contributed by atoms with Crippen LogP contribution in [0.2, 0.25) is 0 Å². The van der Waals surface area contributed by atoms with Crippen molar-refractivity contribution < 1.29 is 29.0 Å². The Labute approximate surface area is 297 Å². The molecule has 4 aliphatic rings. The lowest BCUT2D eigenvalue weighted by Crippen LogP contribution is -2.48. The maximum Gasteiger partial charge on any atom is 0.241 e. The number of imide groups is 2. The van der Waals surface area contributed by atoms with Crippen molar-refractivity contribution in [2.45, 2.75) is 25.7 Å². The van der Waals surface area contributed by atoms with Gasteiger partial charge in [-0.25, -0.2) is 4.90 Å². The number of rotatable bonds is 6. The van der Waals surface area contributed by atoms with Crippen LogP contribution in [-0.2, 0) is 19.2 Å². The second-order valence-electron chi connectivity index (χ2n) is 13.6. The molecule has 2 heterocycles. The number of methoxy groups -OCH3 is 1. The van der Waals surface area contributed by atoms with Gasteiger partial charge in [0.25, 0.3) is 0 Å². The molecule has 0 radical (unpaired) electrons. The summed E-state index contributed by atoms with van der Waals surface area (Å²) in [6, 6.07) is 29.3. The molecule has 4 aromatic carbocycles. The number of benzene rings is 4. The number of nitrogens with one attached hydrogen (secondary N) is 1. The maximum atomic E-state index is 14.6. The van der Waals surface area contributed by atoms with Crippen LogP contribution in [-0.4, -0.2) is 35.8 Å². The van der Waals surface area contributed by atoms with Crippen molar-refractivity contribution in [1.29, 1.82) is 0 Å². The van der Waals surface area contributed by atoms with E-state index in [2.05, 4.69) is 21.2 Å². The molecule has 2 aliphatic carbocycles. The molecule has 0 aromatic heterocycles. The third kappa shape index (κ3) is 4.72. The normalized spacial score (nSPS) is 27.1. The predicted octanol–water partition coefficient (Wildman–Crippen LogP) is 7.34. The van der Waals surface area contributed by atoms with E-state index in [1.165, 1.54) is 16.9 Å². The SMILES string of the molecule is COc1cc(C2C3=CCC4C(=O)N(c5ccc(Nc6ccccc6)cc5)C(=O)C4C3CC3C(=O)N(c4ccccc4)C(=O)C32C)cc(Br)c1O. The van der Waals surface area contributed by atoms with Crippen molar-refractivity contribution in [1.82, 2.24) is 0 Å². The highest BCUT2D eigenvalue weighted by Gasteiger charge is 2.67. The van der Waals surface area contributed by atoms with Crippen LogP contribution in [0.25, 0.3) is 0 Å². The topological polar surface area (TPSA) is 116 Å². The summed E-state index contributed by atoms with van der Waals surface area (Å²) in [5.74, 6) is -4.25. The number of ether oxygens (including phenoxy) is 1. The fourth-order valence-corrected chi connectivity index (χ4v) is 9.23. The average molecular weight is 733 g/mol. The van der Waals surface area contributed by atoms with Gasteiger partial charge in [0.2, 0.25) is 23.6 Å². The fourth-order valence-electron chi connectivity index (χ4n) is 8.77. The summed E-state index contributed by atoms with van der Waals surface area (Å²) >= 11 is 3.46. The minimum absolute atomic E-state index is 0.0834. The zero-order valence-electron chi connectivity index (χ0n) is 27.4. The largest absolute Gasteiger partial charge is 0.503 e. The van der Waals surface area contributed by atoms with Gasteiger partial charge in [-0.3, -0.25) is 24.1 Å². The summed E-state index contributed by atoms with van der Waals surface area (Å²) in [5.41, 5.74) is 3.02. The number of phenolic OH excluding ortho intramolecular Hbond substituents is 1. The van der Waals surface area contributed by atoms with E-state index in [9.17, 15) is 24.3 Å². The molecular formula is C40H34BrN3O6. The van der Waals surface area contributed by atoms with Crippen molar-refractivity contribution in [2.75, 3.05) is 22.2 Å². The van der Waals surface area contributed by atoms with Gasteiger partial charge in [-0.05, 0) is 108 Å². The van der Waals surface area contributed by atoms with Crippen LogP contribution in [0.15, 0.2) is 113 Å². The number of para-hydroxylation sites is 2. The van der Waals surface area contributed by atoms with E-state index in [1.807, 2.05) is 61.5 Å². The van der Waals surface area contributed by atoms with Crippen LogP contribution in [0.5, 0.6) is 11.5 Å². The molecule has 2 aliphatic heterocycles. The molecule has 2 saturated heterocycles. The fraction of sp³-hybridized carbons (Fsp3) is 0.250. The van der Waals surface area contributed by atoms with E-state index in [0.29, 0.717) is 27.8 Å². The molecule has 1 saturated carbocycles. The van der Waals surface area contributed by atoms with Gasteiger partial charge in [-0.15, -0.1) is 0 Å². The van der Waals surface area contributed by atoms with Gasteiger partial charge in [0.15, 0.2) is 11.5 Å². The Bertz CT molecular complexity index is 2090. The third-order valence-corrected chi connectivity index (χ3v) is 11.7. The number of halogens is 1. The van der Waals surface area contributed by atoms with Gasteiger partial charge in [0.05, 0.1) is 46.1 Å². The Hall–Kier alpha value is -5.22. The number of nitrogens with zero attached hydrogens (tertiary/aromatic N) is 2. The number of carbonyl (C=O) groups is 4. The second kappa shape index (κ2) is 12.0. The van der Waals surface area contributed by atoms with Crippen LogP contribution in [0.1, 0.15) is 31.2 Å². The monoisotopic (exact) mass is 731 g/mol. The predicted molar refractivity (Wildman–Crippen MR) is 192 cm³/mol. The summed E-state index contributed by atoms with van der Waals surface area (Å²) < 4.78 is 5.89. The minimum atomic E-state index is -1.21. The highest BCUT2D eigenvalue weighted by atomic mass is 79.9. The molecule has 9 nitrogen and oxygen atoms in total. The molecule has 0 bridgehead atoms. The first-order chi connectivity index (χ1) is 24.1. The lowest BCUT2D eigenvalue weighted by Gasteiger charge is -2.49. The van der Waals surface area contributed by atoms with E-state index < -0.39 is 35.0 Å². The Morgan fingerprint density at radius 2 is 1.44 bits per heavy atom. The third-order valence-electron chi connectivity index (χ3n) is 11.1. The van der Waals surface area contributed by atoms with Crippen LogP contribution < -0.4 is 19.9 Å². The number of hydrogen-bond acceptors (Lipinski definition) is 7. The van der Waals surface area contributed by atoms with E-state index in [0.717, 1.165) is 16.9 Å². The average Bonchev–Trinajstić information content (AvgIpc) is 3.50. The first-order valence-corrected chi connectivity index (χ1v) is 17.4. The molecule has 3 fully saturated rings. The van der Waals surface area contributed by atoms with Crippen molar-refractivity contribution in [3.05, 3.63) is 119 Å². The number of fused-ring (bicyclic) bond motifs is 4. The van der Waals surface area contributed by atoms with Crippen LogP contribution in [0, 0.1) is 29.1 Å². The van der Waals surface area contributed by atoms with Crippen molar-refractivity contribution in [3.63, 3.8) is 0 Å². The molecule has 0 spiro atoms. The molecule has 6 unspecified atom stereocenters. The minimum Gasteiger partial charge on any atom is -0.503 e. The smallest absolute Gasteiger partial charge is 0.241 e. The second-order valence-corrected chi connectivity index (χ2v) is 14.5. The van der Waals surface area contributed by atoms with Gasteiger partial charge in [-0.2, -0.15) is 0 Å². The first kappa shape index (κ1) is 32.0. The van der Waals surface area contributed by atoms with E-state index in [1.54, 1.807) is 48.5 Å². The highest BCUT2D eigenvalue weighted by molar-refractivity contribution is 9.10. The molecule has 10 heteroatoms. The van der Waals surface area contributed by atoms with Gasteiger partial charge >= 0.3 is 0 Å².